The van der Waals surface area contributed by atoms with Gasteiger partial charge in [0, 0.05) is 10.8 Å². The summed E-state index contributed by atoms with van der Waals surface area (Å²) >= 11 is 0. The van der Waals surface area contributed by atoms with Gasteiger partial charge in [-0.15, -0.1) is 5.11 Å². The highest BCUT2D eigenvalue weighted by Gasteiger charge is 2.10. The molecule has 2 aromatic carbocycles. The van der Waals surface area contributed by atoms with Crippen molar-refractivity contribution in [2.45, 2.75) is 26.3 Å². The first kappa shape index (κ1) is 16.5. The predicted molar refractivity (Wildman–Crippen MR) is 84.3 cm³/mol. The van der Waals surface area contributed by atoms with E-state index in [0.717, 1.165) is 5.56 Å². The largest absolute Gasteiger partial charge is 0.542 e. The van der Waals surface area contributed by atoms with Gasteiger partial charge in [0.25, 0.3) is 0 Å². The SMILES string of the molecule is CC(C)c1cccc(CN=NOC(=O)Oc2ccccc2)c1O. The van der Waals surface area contributed by atoms with Crippen LogP contribution in [0.4, 0.5) is 4.79 Å². The Morgan fingerprint density at radius 2 is 1.87 bits per heavy atom. The first-order valence-corrected chi connectivity index (χ1v) is 7.19. The Labute approximate surface area is 134 Å². The Bertz CT molecular complexity index is 684. The summed E-state index contributed by atoms with van der Waals surface area (Å²) in [6, 6.07) is 13.9. The van der Waals surface area contributed by atoms with Gasteiger partial charge in [-0.25, -0.2) is 4.79 Å². The van der Waals surface area contributed by atoms with Crippen molar-refractivity contribution in [2.75, 3.05) is 0 Å². The van der Waals surface area contributed by atoms with Gasteiger partial charge in [0.2, 0.25) is 0 Å². The number of phenolic OH excluding ortho intramolecular Hbond substituents is 1. The minimum absolute atomic E-state index is 0.102. The fourth-order valence-corrected chi connectivity index (χ4v) is 1.98. The molecule has 0 spiro atoms. The first-order valence-electron chi connectivity index (χ1n) is 7.19. The lowest BCUT2D eigenvalue weighted by molar-refractivity contribution is 0.0932. The van der Waals surface area contributed by atoms with Gasteiger partial charge < -0.3 is 9.84 Å². The van der Waals surface area contributed by atoms with Crippen LogP contribution in [0.15, 0.2) is 58.9 Å². The molecule has 0 aromatic heterocycles. The highest BCUT2D eigenvalue weighted by atomic mass is 16.8. The number of aromatic hydroxyl groups is 1. The molecular formula is C17H18N2O4. The summed E-state index contributed by atoms with van der Waals surface area (Å²) in [4.78, 5) is 15.9. The van der Waals surface area contributed by atoms with Crippen LogP contribution in [0.2, 0.25) is 0 Å². The van der Waals surface area contributed by atoms with Crippen LogP contribution in [0.5, 0.6) is 11.5 Å². The quantitative estimate of drug-likeness (QED) is 0.378. The molecule has 120 valence electrons. The third-order valence-electron chi connectivity index (χ3n) is 3.13. The van der Waals surface area contributed by atoms with E-state index in [1.165, 1.54) is 0 Å². The Kier molecular flexibility index (Phi) is 5.68. The number of rotatable bonds is 5. The van der Waals surface area contributed by atoms with Crippen LogP contribution in [0.25, 0.3) is 0 Å². The predicted octanol–water partition coefficient (Wildman–Crippen LogP) is 4.60. The van der Waals surface area contributed by atoms with Crippen LogP contribution in [-0.4, -0.2) is 11.3 Å². The zero-order valence-electron chi connectivity index (χ0n) is 13.0. The van der Waals surface area contributed by atoms with Crippen molar-refractivity contribution in [3.05, 3.63) is 59.7 Å². The minimum Gasteiger partial charge on any atom is -0.507 e. The van der Waals surface area contributed by atoms with Crippen molar-refractivity contribution in [1.82, 2.24) is 0 Å². The van der Waals surface area contributed by atoms with Crippen molar-refractivity contribution < 1.29 is 19.5 Å². The second-order valence-electron chi connectivity index (χ2n) is 5.15. The number of para-hydroxylation sites is 2. The number of carbonyl (C=O) groups excluding carboxylic acids is 1. The second kappa shape index (κ2) is 7.93. The molecule has 0 saturated heterocycles. The molecule has 1 N–H and O–H groups in total. The molecular weight excluding hydrogens is 296 g/mol. The molecule has 0 unspecified atom stereocenters. The monoisotopic (exact) mass is 314 g/mol. The molecule has 2 aromatic rings. The topological polar surface area (TPSA) is 80.5 Å². The van der Waals surface area contributed by atoms with Crippen LogP contribution in [0.1, 0.15) is 30.9 Å². The number of hydrogen-bond donors (Lipinski definition) is 1. The molecule has 0 atom stereocenters. The van der Waals surface area contributed by atoms with Crippen molar-refractivity contribution >= 4 is 6.16 Å². The van der Waals surface area contributed by atoms with E-state index in [0.29, 0.717) is 11.3 Å². The number of hydrogen-bond acceptors (Lipinski definition) is 6. The molecule has 6 heteroatoms. The van der Waals surface area contributed by atoms with Crippen molar-refractivity contribution in [3.63, 3.8) is 0 Å². The van der Waals surface area contributed by atoms with Gasteiger partial charge >= 0.3 is 6.16 Å². The summed E-state index contributed by atoms with van der Waals surface area (Å²) in [5.74, 6) is 0.743. The molecule has 0 aliphatic heterocycles. The van der Waals surface area contributed by atoms with Crippen LogP contribution in [0.3, 0.4) is 0 Å². The first-order chi connectivity index (χ1) is 11.1. The summed E-state index contributed by atoms with van der Waals surface area (Å²) in [6.45, 7) is 4.08. The van der Waals surface area contributed by atoms with E-state index in [9.17, 15) is 9.90 Å². The number of benzene rings is 2. The van der Waals surface area contributed by atoms with E-state index in [1.54, 1.807) is 36.4 Å². The summed E-state index contributed by atoms with van der Waals surface area (Å²) in [5, 5.41) is 17.2. The number of ether oxygens (including phenoxy) is 1. The maximum atomic E-state index is 11.4. The van der Waals surface area contributed by atoms with E-state index in [1.807, 2.05) is 26.0 Å². The molecule has 0 aliphatic carbocycles. The fraction of sp³-hybridized carbons (Fsp3) is 0.235. The van der Waals surface area contributed by atoms with Gasteiger partial charge in [-0.3, -0.25) is 4.84 Å². The molecule has 2 rings (SSSR count). The normalized spacial score (nSPS) is 10.9. The number of phenols is 1. The van der Waals surface area contributed by atoms with Gasteiger partial charge in [-0.05, 0) is 23.6 Å². The lowest BCUT2D eigenvalue weighted by Gasteiger charge is -2.10. The van der Waals surface area contributed by atoms with Crippen LogP contribution >= 0.6 is 0 Å². The summed E-state index contributed by atoms with van der Waals surface area (Å²) < 4.78 is 4.88. The Morgan fingerprint density at radius 3 is 2.57 bits per heavy atom. The summed E-state index contributed by atoms with van der Waals surface area (Å²) in [6.07, 6.45) is -0.972. The summed E-state index contributed by atoms with van der Waals surface area (Å²) in [7, 11) is 0. The Hall–Kier alpha value is -2.89. The molecule has 0 saturated carbocycles. The third kappa shape index (κ3) is 4.81. The summed E-state index contributed by atoms with van der Waals surface area (Å²) in [5.41, 5.74) is 1.45. The van der Waals surface area contributed by atoms with Crippen molar-refractivity contribution in [2.24, 2.45) is 10.4 Å². The van der Waals surface area contributed by atoms with E-state index in [2.05, 4.69) is 15.2 Å². The highest BCUT2D eigenvalue weighted by molar-refractivity contribution is 5.63. The zero-order valence-corrected chi connectivity index (χ0v) is 13.0. The van der Waals surface area contributed by atoms with Gasteiger partial charge in [-0.2, -0.15) is 0 Å². The second-order valence-corrected chi connectivity index (χ2v) is 5.15. The molecule has 6 nitrogen and oxygen atoms in total. The maximum Gasteiger partial charge on any atom is 0.542 e. The van der Waals surface area contributed by atoms with Gasteiger partial charge in [0.1, 0.15) is 11.5 Å². The molecule has 0 fully saturated rings. The van der Waals surface area contributed by atoms with Crippen molar-refractivity contribution in [3.8, 4) is 11.5 Å². The fourth-order valence-electron chi connectivity index (χ4n) is 1.98. The smallest absolute Gasteiger partial charge is 0.507 e. The molecule has 0 aliphatic rings. The van der Waals surface area contributed by atoms with Gasteiger partial charge in [0.15, 0.2) is 0 Å². The zero-order chi connectivity index (χ0) is 16.7. The van der Waals surface area contributed by atoms with Gasteiger partial charge in [-0.1, -0.05) is 50.2 Å². The Balaban J connectivity index is 1.87. The van der Waals surface area contributed by atoms with Crippen LogP contribution < -0.4 is 4.74 Å². The number of nitrogens with zero attached hydrogens (tertiary/aromatic N) is 2. The van der Waals surface area contributed by atoms with E-state index in [4.69, 9.17) is 4.74 Å². The molecule has 0 bridgehead atoms. The number of carbonyl (C=O) groups is 1. The minimum atomic E-state index is -0.972. The van der Waals surface area contributed by atoms with E-state index >= 15 is 0 Å². The lowest BCUT2D eigenvalue weighted by atomic mass is 9.99. The third-order valence-corrected chi connectivity index (χ3v) is 3.13. The average molecular weight is 314 g/mol. The molecule has 0 radical (unpaired) electrons. The average Bonchev–Trinajstić information content (AvgIpc) is 2.53. The van der Waals surface area contributed by atoms with E-state index < -0.39 is 6.16 Å². The van der Waals surface area contributed by atoms with Gasteiger partial charge in [0.05, 0.1) is 6.54 Å². The molecule has 0 heterocycles. The lowest BCUT2D eigenvalue weighted by Crippen LogP contribution is -2.06. The van der Waals surface area contributed by atoms with E-state index in [-0.39, 0.29) is 18.2 Å². The Morgan fingerprint density at radius 1 is 1.13 bits per heavy atom. The molecule has 23 heavy (non-hydrogen) atoms. The maximum absolute atomic E-state index is 11.4. The van der Waals surface area contributed by atoms with Crippen LogP contribution in [0, 0.1) is 0 Å². The van der Waals surface area contributed by atoms with Crippen LogP contribution in [-0.2, 0) is 11.4 Å². The standard InChI is InChI=1S/C17H18N2O4/c1-12(2)15-10-6-7-13(16(15)20)11-18-19-23-17(21)22-14-8-4-3-5-9-14/h3-10,12,20H,11H2,1-2H3. The highest BCUT2D eigenvalue weighted by Crippen LogP contribution is 2.29. The molecule has 0 amide bonds. The van der Waals surface area contributed by atoms with Crippen molar-refractivity contribution in [1.29, 1.82) is 0 Å².